The Balaban J connectivity index is 1.86. The molecule has 1 unspecified atom stereocenters. The van der Waals surface area contributed by atoms with Crippen molar-refractivity contribution in [1.82, 2.24) is 14.9 Å². The standard InChI is InChI=1S/C14H21N3O/c1-4-6-17-7-5-13(10-17)9-15-12(3)14-16-8-11(2)18-14/h5,7-8,10,12,15H,4,6,9H2,1-3H3. The summed E-state index contributed by atoms with van der Waals surface area (Å²) in [6.07, 6.45) is 7.23. The number of oxazole rings is 1. The molecule has 0 fully saturated rings. The van der Waals surface area contributed by atoms with Crippen molar-refractivity contribution in [2.24, 2.45) is 0 Å². The van der Waals surface area contributed by atoms with Crippen LogP contribution < -0.4 is 5.32 Å². The Morgan fingerprint density at radius 2 is 2.33 bits per heavy atom. The van der Waals surface area contributed by atoms with Crippen molar-refractivity contribution in [3.05, 3.63) is 41.9 Å². The monoisotopic (exact) mass is 247 g/mol. The van der Waals surface area contributed by atoms with Crippen LogP contribution in [0.25, 0.3) is 0 Å². The van der Waals surface area contributed by atoms with E-state index in [1.54, 1.807) is 6.20 Å². The highest BCUT2D eigenvalue weighted by Crippen LogP contribution is 2.13. The summed E-state index contributed by atoms with van der Waals surface area (Å²) in [5, 5.41) is 3.41. The zero-order valence-electron chi connectivity index (χ0n) is 11.3. The average molecular weight is 247 g/mol. The molecule has 1 N–H and O–H groups in total. The molecule has 0 aliphatic rings. The maximum atomic E-state index is 5.50. The molecule has 18 heavy (non-hydrogen) atoms. The summed E-state index contributed by atoms with van der Waals surface area (Å²) in [4.78, 5) is 4.23. The molecule has 0 bridgehead atoms. The van der Waals surface area contributed by atoms with Crippen LogP contribution in [0.3, 0.4) is 0 Å². The Morgan fingerprint density at radius 1 is 1.50 bits per heavy atom. The predicted molar refractivity (Wildman–Crippen MR) is 71.2 cm³/mol. The van der Waals surface area contributed by atoms with Gasteiger partial charge in [0.05, 0.1) is 12.2 Å². The van der Waals surface area contributed by atoms with E-state index in [1.807, 2.05) is 6.92 Å². The van der Waals surface area contributed by atoms with E-state index in [0.717, 1.165) is 31.2 Å². The first-order valence-electron chi connectivity index (χ1n) is 6.49. The molecule has 4 nitrogen and oxygen atoms in total. The fourth-order valence-corrected chi connectivity index (χ4v) is 1.92. The number of aromatic nitrogens is 2. The normalized spacial score (nSPS) is 12.8. The van der Waals surface area contributed by atoms with Gasteiger partial charge in [0.25, 0.3) is 0 Å². The lowest BCUT2D eigenvalue weighted by Gasteiger charge is -2.09. The molecule has 2 rings (SSSR count). The smallest absolute Gasteiger partial charge is 0.211 e. The third kappa shape index (κ3) is 3.23. The van der Waals surface area contributed by atoms with Crippen LogP contribution in [0.5, 0.6) is 0 Å². The summed E-state index contributed by atoms with van der Waals surface area (Å²) in [5.41, 5.74) is 1.29. The van der Waals surface area contributed by atoms with Gasteiger partial charge in [-0.05, 0) is 31.9 Å². The Bertz CT molecular complexity index is 487. The summed E-state index contributed by atoms with van der Waals surface area (Å²) >= 11 is 0. The Labute approximate surface area is 108 Å². The largest absolute Gasteiger partial charge is 0.444 e. The Hall–Kier alpha value is -1.55. The van der Waals surface area contributed by atoms with Crippen molar-refractivity contribution < 1.29 is 4.42 Å². The van der Waals surface area contributed by atoms with Crippen LogP contribution >= 0.6 is 0 Å². The molecule has 0 radical (unpaired) electrons. The zero-order valence-corrected chi connectivity index (χ0v) is 11.3. The number of aryl methyl sites for hydroxylation is 2. The second-order valence-corrected chi connectivity index (χ2v) is 4.67. The van der Waals surface area contributed by atoms with Gasteiger partial charge in [0, 0.05) is 25.5 Å². The van der Waals surface area contributed by atoms with Crippen molar-refractivity contribution in [2.45, 2.75) is 46.3 Å². The van der Waals surface area contributed by atoms with E-state index in [9.17, 15) is 0 Å². The molecule has 0 spiro atoms. The molecule has 0 aliphatic carbocycles. The first-order chi connectivity index (χ1) is 8.69. The molecular weight excluding hydrogens is 226 g/mol. The van der Waals surface area contributed by atoms with E-state index in [0.29, 0.717) is 0 Å². The van der Waals surface area contributed by atoms with E-state index in [1.165, 1.54) is 5.56 Å². The van der Waals surface area contributed by atoms with E-state index >= 15 is 0 Å². The molecule has 1 atom stereocenters. The molecule has 2 aromatic rings. The molecule has 0 aliphatic heterocycles. The van der Waals surface area contributed by atoms with Gasteiger partial charge in [0.15, 0.2) is 0 Å². The molecule has 0 saturated heterocycles. The maximum Gasteiger partial charge on any atom is 0.211 e. The molecule has 98 valence electrons. The summed E-state index contributed by atoms with van der Waals surface area (Å²) < 4.78 is 7.72. The highest BCUT2D eigenvalue weighted by atomic mass is 16.4. The van der Waals surface area contributed by atoms with E-state index in [4.69, 9.17) is 4.42 Å². The lowest BCUT2D eigenvalue weighted by atomic mass is 10.3. The topological polar surface area (TPSA) is 43.0 Å². The van der Waals surface area contributed by atoms with Gasteiger partial charge in [0.1, 0.15) is 5.76 Å². The first-order valence-corrected chi connectivity index (χ1v) is 6.49. The lowest BCUT2D eigenvalue weighted by Crippen LogP contribution is -2.18. The fraction of sp³-hybridized carbons (Fsp3) is 0.500. The summed E-state index contributed by atoms with van der Waals surface area (Å²) in [6.45, 7) is 8.07. The van der Waals surface area contributed by atoms with E-state index in [2.05, 4.69) is 47.2 Å². The zero-order chi connectivity index (χ0) is 13.0. The Morgan fingerprint density at radius 3 is 3.00 bits per heavy atom. The van der Waals surface area contributed by atoms with Crippen molar-refractivity contribution in [2.75, 3.05) is 0 Å². The second-order valence-electron chi connectivity index (χ2n) is 4.67. The molecule has 2 heterocycles. The van der Waals surface area contributed by atoms with Gasteiger partial charge >= 0.3 is 0 Å². The van der Waals surface area contributed by atoms with Gasteiger partial charge in [-0.3, -0.25) is 0 Å². The van der Waals surface area contributed by atoms with E-state index in [-0.39, 0.29) is 6.04 Å². The molecule has 0 amide bonds. The minimum absolute atomic E-state index is 0.133. The van der Waals surface area contributed by atoms with Gasteiger partial charge in [0.2, 0.25) is 5.89 Å². The third-order valence-electron chi connectivity index (χ3n) is 2.92. The number of hydrogen-bond acceptors (Lipinski definition) is 3. The number of hydrogen-bond donors (Lipinski definition) is 1. The maximum absolute atomic E-state index is 5.50. The highest BCUT2D eigenvalue weighted by Gasteiger charge is 2.10. The SMILES string of the molecule is CCCn1ccc(CNC(C)c2ncc(C)o2)c1. The van der Waals surface area contributed by atoms with Crippen molar-refractivity contribution >= 4 is 0 Å². The van der Waals surface area contributed by atoms with Crippen LogP contribution in [-0.4, -0.2) is 9.55 Å². The molecule has 0 aromatic carbocycles. The predicted octanol–water partition coefficient (Wildman–Crippen LogP) is 3.05. The quantitative estimate of drug-likeness (QED) is 0.853. The van der Waals surface area contributed by atoms with Gasteiger partial charge in [-0.1, -0.05) is 6.92 Å². The highest BCUT2D eigenvalue weighted by molar-refractivity contribution is 5.10. The van der Waals surface area contributed by atoms with Crippen LogP contribution in [0.4, 0.5) is 0 Å². The van der Waals surface area contributed by atoms with Crippen LogP contribution in [-0.2, 0) is 13.1 Å². The molecule has 4 heteroatoms. The minimum Gasteiger partial charge on any atom is -0.444 e. The van der Waals surface area contributed by atoms with Crippen molar-refractivity contribution in [3.8, 4) is 0 Å². The minimum atomic E-state index is 0.133. The number of rotatable bonds is 6. The lowest BCUT2D eigenvalue weighted by molar-refractivity contribution is 0.402. The Kier molecular flexibility index (Phi) is 4.20. The molecule has 0 saturated carbocycles. The van der Waals surface area contributed by atoms with Crippen LogP contribution in [0.2, 0.25) is 0 Å². The van der Waals surface area contributed by atoms with Crippen molar-refractivity contribution in [3.63, 3.8) is 0 Å². The molecule has 2 aromatic heterocycles. The van der Waals surface area contributed by atoms with Gasteiger partial charge in [-0.2, -0.15) is 0 Å². The van der Waals surface area contributed by atoms with Crippen LogP contribution in [0.15, 0.2) is 29.1 Å². The van der Waals surface area contributed by atoms with Crippen molar-refractivity contribution in [1.29, 1.82) is 0 Å². The summed E-state index contributed by atoms with van der Waals surface area (Å²) in [7, 11) is 0. The van der Waals surface area contributed by atoms with Crippen LogP contribution in [0, 0.1) is 6.92 Å². The fourth-order valence-electron chi connectivity index (χ4n) is 1.92. The third-order valence-corrected chi connectivity index (χ3v) is 2.92. The summed E-state index contributed by atoms with van der Waals surface area (Å²) in [5.74, 6) is 1.60. The average Bonchev–Trinajstić information content (AvgIpc) is 2.96. The van der Waals surface area contributed by atoms with Gasteiger partial charge < -0.3 is 14.3 Å². The van der Waals surface area contributed by atoms with Crippen LogP contribution in [0.1, 0.15) is 43.5 Å². The molecular formula is C14H21N3O. The first kappa shape index (κ1) is 12.9. The van der Waals surface area contributed by atoms with Gasteiger partial charge in [-0.25, -0.2) is 4.98 Å². The second kappa shape index (κ2) is 5.87. The summed E-state index contributed by atoms with van der Waals surface area (Å²) in [6, 6.07) is 2.28. The number of nitrogens with one attached hydrogen (secondary N) is 1. The number of nitrogens with zero attached hydrogens (tertiary/aromatic N) is 2. The van der Waals surface area contributed by atoms with E-state index < -0.39 is 0 Å². The van der Waals surface area contributed by atoms with Gasteiger partial charge in [-0.15, -0.1) is 0 Å².